The van der Waals surface area contributed by atoms with Gasteiger partial charge in [0.2, 0.25) is 7.37 Å². The molecule has 1 unspecified atom stereocenters. The van der Waals surface area contributed by atoms with Crippen LogP contribution >= 0.6 is 7.37 Å². The van der Waals surface area contributed by atoms with Gasteiger partial charge in [-0.1, -0.05) is 0 Å². The Labute approximate surface area is 154 Å². The molecule has 0 amide bonds. The maximum absolute atomic E-state index is 13.3. The van der Waals surface area contributed by atoms with Gasteiger partial charge in [0.15, 0.2) is 17.9 Å². The Kier molecular flexibility index (Phi) is 5.16. The van der Waals surface area contributed by atoms with Gasteiger partial charge in [0.25, 0.3) is 0 Å². The van der Waals surface area contributed by atoms with Crippen molar-refractivity contribution in [2.24, 2.45) is 5.92 Å². The smallest absolute Gasteiger partial charge is 0.233 e. The molecule has 9 heteroatoms. The summed E-state index contributed by atoms with van der Waals surface area (Å²) in [5.41, 5.74) is 0. The van der Waals surface area contributed by atoms with E-state index in [0.717, 1.165) is 0 Å². The molecule has 0 aromatic carbocycles. The maximum Gasteiger partial charge on any atom is 0.233 e. The number of aliphatic hydroxyl groups is 1. The minimum atomic E-state index is -3.39. The van der Waals surface area contributed by atoms with Gasteiger partial charge in [-0.15, -0.1) is 0 Å². The molecule has 3 rings (SSSR count). The standard InChI is InChI=1S/C17H31O8P/c1-15(2,18)26(19,20-7)9-10-12(11-8-21-16(3,4)23-11)22-14-13(10)24-17(5,6)25-14/h10-14,18H,8-9H2,1-7H3/t10-,11-,12+,13-,14-,26?/m1/s1. The molecule has 26 heavy (non-hydrogen) atoms. The summed E-state index contributed by atoms with van der Waals surface area (Å²) in [6.07, 6.45) is -1.69. The predicted octanol–water partition coefficient (Wildman–Crippen LogP) is 2.28. The fraction of sp³-hybridized carbons (Fsp3) is 1.00. The Morgan fingerprint density at radius 3 is 2.27 bits per heavy atom. The van der Waals surface area contributed by atoms with Crippen LogP contribution in [0.2, 0.25) is 0 Å². The van der Waals surface area contributed by atoms with Crippen LogP contribution in [0.4, 0.5) is 0 Å². The van der Waals surface area contributed by atoms with Crippen molar-refractivity contribution in [2.45, 2.75) is 83.1 Å². The largest absolute Gasteiger partial charge is 0.380 e. The number of ether oxygens (including phenoxy) is 5. The first-order valence-electron chi connectivity index (χ1n) is 8.97. The minimum Gasteiger partial charge on any atom is -0.380 e. The molecule has 3 aliphatic heterocycles. The first kappa shape index (κ1) is 20.7. The van der Waals surface area contributed by atoms with Gasteiger partial charge in [0.05, 0.1) is 12.7 Å². The summed E-state index contributed by atoms with van der Waals surface area (Å²) in [6.45, 7) is 10.6. The van der Waals surface area contributed by atoms with E-state index in [2.05, 4.69) is 0 Å². The van der Waals surface area contributed by atoms with Gasteiger partial charge < -0.3 is 33.3 Å². The second kappa shape index (κ2) is 6.49. The lowest BCUT2D eigenvalue weighted by Crippen LogP contribution is -2.42. The summed E-state index contributed by atoms with van der Waals surface area (Å²) in [4.78, 5) is 0. The van der Waals surface area contributed by atoms with E-state index >= 15 is 0 Å². The van der Waals surface area contributed by atoms with Crippen molar-refractivity contribution < 1.29 is 37.9 Å². The zero-order valence-corrected chi connectivity index (χ0v) is 17.4. The highest BCUT2D eigenvalue weighted by molar-refractivity contribution is 7.60. The molecule has 1 N–H and O–H groups in total. The van der Waals surface area contributed by atoms with Crippen molar-refractivity contribution in [1.29, 1.82) is 0 Å². The number of rotatable bonds is 5. The third-order valence-corrected chi connectivity index (χ3v) is 8.36. The van der Waals surface area contributed by atoms with E-state index in [-0.39, 0.29) is 18.2 Å². The minimum absolute atomic E-state index is 0.0958. The monoisotopic (exact) mass is 394 g/mol. The number of hydrogen-bond acceptors (Lipinski definition) is 8. The predicted molar refractivity (Wildman–Crippen MR) is 92.9 cm³/mol. The van der Waals surface area contributed by atoms with Crippen LogP contribution in [-0.4, -0.2) is 66.5 Å². The van der Waals surface area contributed by atoms with Gasteiger partial charge in [0, 0.05) is 19.2 Å². The van der Waals surface area contributed by atoms with Crippen molar-refractivity contribution in [3.8, 4) is 0 Å². The summed E-state index contributed by atoms with van der Waals surface area (Å²) >= 11 is 0. The fourth-order valence-electron chi connectivity index (χ4n) is 3.84. The van der Waals surface area contributed by atoms with Crippen LogP contribution in [0.5, 0.6) is 0 Å². The quantitative estimate of drug-likeness (QED) is 0.710. The normalized spacial score (nSPS) is 41.2. The lowest BCUT2D eigenvalue weighted by molar-refractivity contribution is -0.226. The van der Waals surface area contributed by atoms with Crippen LogP contribution < -0.4 is 0 Å². The number of fused-ring (bicyclic) bond motifs is 1. The van der Waals surface area contributed by atoms with Gasteiger partial charge in [-0.2, -0.15) is 0 Å². The molecule has 6 atom stereocenters. The fourth-order valence-corrected chi connectivity index (χ4v) is 5.86. The summed E-state index contributed by atoms with van der Waals surface area (Å²) < 4.78 is 48.2. The third-order valence-electron chi connectivity index (χ3n) is 5.20. The molecular formula is C17H31O8P. The van der Waals surface area contributed by atoms with Crippen molar-refractivity contribution in [1.82, 2.24) is 0 Å². The summed E-state index contributed by atoms with van der Waals surface area (Å²) in [5, 5.41) is 8.94. The lowest BCUT2D eigenvalue weighted by Gasteiger charge is -2.34. The highest BCUT2D eigenvalue weighted by atomic mass is 31.2. The van der Waals surface area contributed by atoms with Crippen LogP contribution in [0.1, 0.15) is 41.5 Å². The highest BCUT2D eigenvalue weighted by Crippen LogP contribution is 2.60. The molecule has 0 bridgehead atoms. The molecule has 3 saturated heterocycles. The molecule has 3 fully saturated rings. The van der Waals surface area contributed by atoms with Crippen LogP contribution in [-0.2, 0) is 32.8 Å². The summed E-state index contributed by atoms with van der Waals surface area (Å²) in [7, 11) is -2.03. The second-order valence-corrected chi connectivity index (χ2v) is 11.8. The average molecular weight is 394 g/mol. The third kappa shape index (κ3) is 3.76. The van der Waals surface area contributed by atoms with E-state index in [9.17, 15) is 9.67 Å². The van der Waals surface area contributed by atoms with E-state index in [1.165, 1.54) is 21.0 Å². The first-order chi connectivity index (χ1) is 11.8. The van der Waals surface area contributed by atoms with Crippen molar-refractivity contribution in [2.75, 3.05) is 19.9 Å². The molecule has 3 heterocycles. The molecule has 0 aromatic rings. The van der Waals surface area contributed by atoms with Gasteiger partial charge in [-0.05, 0) is 41.5 Å². The van der Waals surface area contributed by atoms with Gasteiger partial charge in [-0.3, -0.25) is 4.57 Å². The molecule has 0 aromatic heterocycles. The van der Waals surface area contributed by atoms with Gasteiger partial charge >= 0.3 is 0 Å². The Bertz CT molecular complexity index is 584. The molecule has 0 aliphatic carbocycles. The lowest BCUT2D eigenvalue weighted by atomic mass is 9.97. The Balaban J connectivity index is 1.87. The molecule has 3 aliphatic rings. The van der Waals surface area contributed by atoms with Gasteiger partial charge in [-0.25, -0.2) is 0 Å². The molecule has 152 valence electrons. The van der Waals surface area contributed by atoms with Crippen molar-refractivity contribution in [3.05, 3.63) is 0 Å². The molecule has 0 saturated carbocycles. The second-order valence-electron chi connectivity index (χ2n) is 8.63. The highest BCUT2D eigenvalue weighted by Gasteiger charge is 2.60. The van der Waals surface area contributed by atoms with Crippen molar-refractivity contribution in [3.63, 3.8) is 0 Å². The molecular weight excluding hydrogens is 363 g/mol. The van der Waals surface area contributed by atoms with E-state index in [0.29, 0.717) is 6.61 Å². The van der Waals surface area contributed by atoms with E-state index < -0.39 is 42.8 Å². The van der Waals surface area contributed by atoms with Crippen LogP contribution in [0.3, 0.4) is 0 Å². The average Bonchev–Trinajstić information content (AvgIpc) is 3.08. The van der Waals surface area contributed by atoms with Gasteiger partial charge in [0.1, 0.15) is 17.6 Å². The zero-order valence-electron chi connectivity index (χ0n) is 16.6. The Morgan fingerprint density at radius 1 is 1.12 bits per heavy atom. The molecule has 0 radical (unpaired) electrons. The summed E-state index contributed by atoms with van der Waals surface area (Å²) in [5.74, 6) is -1.84. The Hall–Kier alpha value is -0.0500. The van der Waals surface area contributed by atoms with E-state index in [1.54, 1.807) is 0 Å². The summed E-state index contributed by atoms with van der Waals surface area (Å²) in [6, 6.07) is 0. The van der Waals surface area contributed by atoms with Crippen LogP contribution in [0.15, 0.2) is 0 Å². The molecule has 0 spiro atoms. The molecule has 8 nitrogen and oxygen atoms in total. The first-order valence-corrected chi connectivity index (χ1v) is 10.8. The van der Waals surface area contributed by atoms with E-state index in [4.69, 9.17) is 28.2 Å². The topological polar surface area (TPSA) is 92.7 Å². The number of hydrogen-bond donors (Lipinski definition) is 1. The van der Waals surface area contributed by atoms with Crippen LogP contribution in [0.25, 0.3) is 0 Å². The zero-order chi connectivity index (χ0) is 19.5. The van der Waals surface area contributed by atoms with E-state index in [1.807, 2.05) is 27.7 Å². The Morgan fingerprint density at radius 2 is 1.77 bits per heavy atom. The van der Waals surface area contributed by atoms with Crippen LogP contribution in [0, 0.1) is 5.92 Å². The van der Waals surface area contributed by atoms with Crippen molar-refractivity contribution >= 4 is 7.37 Å². The SMILES string of the molecule is COP(=O)(C[C@H]1[C@H]2OC(C)(C)O[C@H]2O[C@@H]1[C@H]1COC(C)(C)O1)C(C)(C)O. The maximum atomic E-state index is 13.3.